The first-order valence-corrected chi connectivity index (χ1v) is 36.7. The van der Waals surface area contributed by atoms with E-state index in [-0.39, 0.29) is 16.6 Å². The molecule has 0 rings (SSSR count). The van der Waals surface area contributed by atoms with Crippen molar-refractivity contribution < 1.29 is 0 Å². The molecule has 554 valence electrons. The second-order valence-electron chi connectivity index (χ2n) is 36.4. The summed E-state index contributed by atoms with van der Waals surface area (Å²) in [7, 11) is 0. The Labute approximate surface area is 570 Å². The number of hydrogen-bond acceptors (Lipinski definition) is 10. The van der Waals surface area contributed by atoms with E-state index in [0.717, 1.165) is 24.9 Å². The van der Waals surface area contributed by atoms with E-state index in [4.69, 9.17) is 0 Å². The minimum atomic E-state index is 0.209. The summed E-state index contributed by atoms with van der Waals surface area (Å²) < 4.78 is 0. The van der Waals surface area contributed by atoms with Crippen molar-refractivity contribution in [2.75, 3.05) is 13.1 Å². The smallest absolute Gasteiger partial charge is 0.0175 e. The van der Waals surface area contributed by atoms with Crippen molar-refractivity contribution >= 4 is 0 Å². The van der Waals surface area contributed by atoms with Crippen molar-refractivity contribution in [2.45, 2.75) is 473 Å². The largest absolute Gasteiger partial charge is 0.314 e. The molecule has 0 fully saturated rings. The van der Waals surface area contributed by atoms with Crippen molar-refractivity contribution in [2.24, 2.45) is 34.0 Å². The normalized spacial score (nSPS) is 13.4. The average Bonchev–Trinajstić information content (AvgIpc) is 3.25. The van der Waals surface area contributed by atoms with E-state index >= 15 is 0 Å². The minimum absolute atomic E-state index is 0.209. The molecule has 89 heavy (non-hydrogen) atoms. The highest BCUT2D eigenvalue weighted by atomic mass is 15.0. The molecule has 0 aromatic heterocycles. The van der Waals surface area contributed by atoms with Gasteiger partial charge in [-0.3, -0.25) is 0 Å². The lowest BCUT2D eigenvalue weighted by Gasteiger charge is -2.41. The Hall–Kier alpha value is -0.400. The standard InChI is InChI=1S/C10H23N.2C9H21N.3C8H19N.3C7H17N.C6H15N/c1-8(2)11-10(6,7)9(3,4)5;1-7(2)10-8(3)9(4,5)6;1-7(2)9(5,6)10-8(3)4;1-7(2)9-6-8(3,4)5;1-6-8(4,5)9-7(2)3;1-6(2)8(5)9-7(3)4;1-6(2)8-7(3,4)5;1-6(2)5-8-7(3)4;1-5-7(4)8-6(2)3;1-5(2)7-6(3)4/h8,11H,1-7H3;2*7-8,10H,1-6H3;2*7,9H,6H2,1-5H3;6-9H,1-5H3;6,8H,1-5H3;2*6-8H,5H2,1-4H3;5-7H,1-4H3. The lowest BCUT2D eigenvalue weighted by atomic mass is 9.76. The zero-order valence-electron chi connectivity index (χ0n) is 72.1. The summed E-state index contributed by atoms with van der Waals surface area (Å²) in [6.45, 7) is 115. The zero-order valence-corrected chi connectivity index (χ0v) is 72.1. The zero-order chi connectivity index (χ0) is 74.2. The number of hydrogen-bond donors (Lipinski definition) is 10. The first kappa shape index (κ1) is 110. The highest BCUT2D eigenvalue weighted by Crippen LogP contribution is 2.29. The molecule has 0 aromatic carbocycles. The molecule has 10 N–H and O–H groups in total. The Balaban J connectivity index is -0.0000000976. The van der Waals surface area contributed by atoms with Crippen LogP contribution in [0, 0.1) is 34.0 Å². The van der Waals surface area contributed by atoms with Crippen LogP contribution in [0.3, 0.4) is 0 Å². The fraction of sp³-hybridized carbons (Fsp3) is 1.00. The van der Waals surface area contributed by atoms with Crippen molar-refractivity contribution in [3.05, 3.63) is 0 Å². The molecule has 10 nitrogen and oxygen atoms in total. The van der Waals surface area contributed by atoms with Crippen molar-refractivity contribution in [3.63, 3.8) is 0 Å². The van der Waals surface area contributed by atoms with E-state index in [2.05, 4.69) is 406 Å². The molecular formula is C79H188N10. The van der Waals surface area contributed by atoms with E-state index in [1.54, 1.807) is 0 Å². The molecule has 10 heteroatoms. The first-order valence-electron chi connectivity index (χ1n) is 36.7. The fourth-order valence-electron chi connectivity index (χ4n) is 7.40. The van der Waals surface area contributed by atoms with Gasteiger partial charge in [-0.1, -0.05) is 270 Å². The van der Waals surface area contributed by atoms with Crippen LogP contribution in [0.4, 0.5) is 0 Å². The Morgan fingerprint density at radius 1 is 0.326 bits per heavy atom. The average molecular weight is 1280 g/mol. The van der Waals surface area contributed by atoms with Crippen LogP contribution in [-0.4, -0.2) is 120 Å². The highest BCUT2D eigenvalue weighted by Gasteiger charge is 2.32. The first-order chi connectivity index (χ1) is 39.1. The van der Waals surface area contributed by atoms with Gasteiger partial charge in [-0.25, -0.2) is 0 Å². The highest BCUT2D eigenvalue weighted by molar-refractivity contribution is 4.91. The van der Waals surface area contributed by atoms with Gasteiger partial charge in [0.25, 0.3) is 0 Å². The SMILES string of the molecule is CC(C)CNC(C)C.CC(C)NC(C)(C)C.CC(C)NC(C)(C)C(C)(C)C.CC(C)NC(C)(C)C(C)C.CC(C)NC(C)C.CC(C)NC(C)C(C)(C)C.CC(C)NC(C)C(C)C.CC(C)NCC(C)(C)C.CCC(C)(C)NC(C)C.CCC(C)NC(C)C. The Bertz CT molecular complexity index is 1400. The van der Waals surface area contributed by atoms with Gasteiger partial charge in [0, 0.05) is 113 Å². The molecule has 0 saturated carbocycles. The van der Waals surface area contributed by atoms with Crippen LogP contribution < -0.4 is 53.2 Å². The second-order valence-corrected chi connectivity index (χ2v) is 36.4. The van der Waals surface area contributed by atoms with Crippen molar-refractivity contribution in [1.29, 1.82) is 0 Å². The lowest BCUT2D eigenvalue weighted by molar-refractivity contribution is 0.164. The molecular weight excluding hydrogens is 1090 g/mol. The van der Waals surface area contributed by atoms with Gasteiger partial charge in [-0.05, 0) is 136 Å². The second kappa shape index (κ2) is 57.8. The van der Waals surface area contributed by atoms with Crippen LogP contribution >= 0.6 is 0 Å². The van der Waals surface area contributed by atoms with E-state index < -0.39 is 0 Å². The van der Waals surface area contributed by atoms with Gasteiger partial charge in [0.15, 0.2) is 0 Å². The molecule has 0 aliphatic heterocycles. The molecule has 3 unspecified atom stereocenters. The topological polar surface area (TPSA) is 120 Å². The van der Waals surface area contributed by atoms with Gasteiger partial charge in [-0.2, -0.15) is 0 Å². The lowest BCUT2D eigenvalue weighted by Crippen LogP contribution is -2.52. The molecule has 0 spiro atoms. The van der Waals surface area contributed by atoms with Crippen LogP contribution in [0.1, 0.15) is 366 Å². The van der Waals surface area contributed by atoms with Crippen LogP contribution in [0.15, 0.2) is 0 Å². The summed E-state index contributed by atoms with van der Waals surface area (Å²) in [5.74, 6) is 2.21. The number of nitrogens with one attached hydrogen (secondary N) is 10. The predicted molar refractivity (Wildman–Crippen MR) is 421 cm³/mol. The Morgan fingerprint density at radius 3 is 0.753 bits per heavy atom. The van der Waals surface area contributed by atoms with E-state index in [0.29, 0.717) is 112 Å². The molecule has 0 heterocycles. The predicted octanol–water partition coefficient (Wildman–Crippen LogP) is 20.5. The summed E-state index contributed by atoms with van der Waals surface area (Å²) in [6, 6.07) is 8.58. The third-order valence-electron chi connectivity index (χ3n) is 14.3. The molecule has 0 bridgehead atoms. The third kappa shape index (κ3) is 109. The van der Waals surface area contributed by atoms with E-state index in [1.807, 2.05) is 0 Å². The Kier molecular flexibility index (Phi) is 71.5. The van der Waals surface area contributed by atoms with E-state index in [1.165, 1.54) is 12.8 Å². The van der Waals surface area contributed by atoms with Crippen LogP contribution in [-0.2, 0) is 0 Å². The minimum Gasteiger partial charge on any atom is -0.314 e. The molecule has 0 aliphatic rings. The van der Waals surface area contributed by atoms with Gasteiger partial charge in [-0.15, -0.1) is 0 Å². The maximum Gasteiger partial charge on any atom is 0.0175 e. The molecule has 0 aromatic rings. The Morgan fingerprint density at radius 2 is 0.663 bits per heavy atom. The van der Waals surface area contributed by atoms with Gasteiger partial charge in [0.05, 0.1) is 0 Å². The van der Waals surface area contributed by atoms with Crippen LogP contribution in [0.25, 0.3) is 0 Å². The summed E-state index contributed by atoms with van der Waals surface area (Å²) >= 11 is 0. The van der Waals surface area contributed by atoms with E-state index in [9.17, 15) is 0 Å². The summed E-state index contributed by atoms with van der Waals surface area (Å²) in [4.78, 5) is 0. The third-order valence-corrected chi connectivity index (χ3v) is 14.3. The molecule has 0 saturated heterocycles. The molecule has 0 amide bonds. The van der Waals surface area contributed by atoms with Gasteiger partial charge in [0.1, 0.15) is 0 Å². The molecule has 3 atom stereocenters. The van der Waals surface area contributed by atoms with Crippen molar-refractivity contribution in [1.82, 2.24) is 53.2 Å². The maximum atomic E-state index is 3.56. The number of rotatable bonds is 24. The van der Waals surface area contributed by atoms with Gasteiger partial charge < -0.3 is 53.2 Å². The van der Waals surface area contributed by atoms with Gasteiger partial charge in [0.2, 0.25) is 0 Å². The van der Waals surface area contributed by atoms with Crippen LogP contribution in [0.2, 0.25) is 0 Å². The van der Waals surface area contributed by atoms with Gasteiger partial charge >= 0.3 is 0 Å². The maximum absolute atomic E-state index is 3.56. The summed E-state index contributed by atoms with van der Waals surface area (Å²) in [5, 5.41) is 34.3. The monoisotopic (exact) mass is 1280 g/mol. The fourth-order valence-corrected chi connectivity index (χ4v) is 7.40. The summed E-state index contributed by atoms with van der Waals surface area (Å²) in [5.41, 5.74) is 2.18. The molecule has 0 radical (unpaired) electrons. The van der Waals surface area contributed by atoms with Crippen LogP contribution in [0.5, 0.6) is 0 Å². The summed E-state index contributed by atoms with van der Waals surface area (Å²) in [6.07, 6.45) is 2.41. The molecule has 0 aliphatic carbocycles. The van der Waals surface area contributed by atoms with Crippen molar-refractivity contribution in [3.8, 4) is 0 Å². The quantitative estimate of drug-likeness (QED) is 0.0458.